The van der Waals surface area contributed by atoms with Gasteiger partial charge in [-0.2, -0.15) is 0 Å². The minimum Gasteiger partial charge on any atom is -0.497 e. The van der Waals surface area contributed by atoms with Crippen LogP contribution in [0.25, 0.3) is 0 Å². The Morgan fingerprint density at radius 2 is 1.79 bits per heavy atom. The molecule has 29 heavy (non-hydrogen) atoms. The van der Waals surface area contributed by atoms with Gasteiger partial charge in [0.25, 0.3) is 5.91 Å². The first-order valence-corrected chi connectivity index (χ1v) is 9.97. The molecule has 1 saturated heterocycles. The highest BCUT2D eigenvalue weighted by Gasteiger charge is 2.23. The van der Waals surface area contributed by atoms with Crippen LogP contribution in [0, 0.1) is 6.92 Å². The fraction of sp³-hybridized carbons (Fsp3) is 0.476. The molecule has 0 unspecified atom stereocenters. The van der Waals surface area contributed by atoms with Gasteiger partial charge < -0.3 is 24.6 Å². The highest BCUT2D eigenvalue weighted by atomic mass is 16.5. The lowest BCUT2D eigenvalue weighted by Gasteiger charge is -2.33. The number of amides is 1. The van der Waals surface area contributed by atoms with E-state index in [9.17, 15) is 4.79 Å². The molecule has 0 bridgehead atoms. The van der Waals surface area contributed by atoms with E-state index in [2.05, 4.69) is 27.1 Å². The van der Waals surface area contributed by atoms with Gasteiger partial charge in [-0.15, -0.1) is 0 Å². The number of likely N-dealkylation sites (N-methyl/N-ethyl adjacent to an activating group) is 1. The molecule has 2 heterocycles. The van der Waals surface area contributed by atoms with Crippen molar-refractivity contribution in [2.24, 2.45) is 0 Å². The molecular weight excluding hydrogens is 370 g/mol. The molecule has 3 rings (SSSR count). The molecule has 2 aromatic rings. The fourth-order valence-corrected chi connectivity index (χ4v) is 3.22. The fourth-order valence-electron chi connectivity index (χ4n) is 3.22. The van der Waals surface area contributed by atoms with E-state index in [1.165, 1.54) is 0 Å². The quantitative estimate of drug-likeness (QED) is 0.681. The van der Waals surface area contributed by atoms with Gasteiger partial charge in [0.05, 0.1) is 13.7 Å². The number of ether oxygens (including phenoxy) is 2. The Hall–Kier alpha value is -2.87. The lowest BCUT2D eigenvalue weighted by Crippen LogP contribution is -2.48. The van der Waals surface area contributed by atoms with E-state index in [1.807, 2.05) is 29.2 Å². The van der Waals surface area contributed by atoms with Crippen molar-refractivity contribution < 1.29 is 14.3 Å². The second-order valence-electron chi connectivity index (χ2n) is 6.86. The summed E-state index contributed by atoms with van der Waals surface area (Å²) in [5.74, 6) is 2.73. The van der Waals surface area contributed by atoms with Crippen molar-refractivity contribution in [3.8, 4) is 11.5 Å². The lowest BCUT2D eigenvalue weighted by atomic mass is 10.2. The van der Waals surface area contributed by atoms with Crippen LogP contribution in [0.3, 0.4) is 0 Å². The molecule has 8 nitrogen and oxygen atoms in total. The Labute approximate surface area is 171 Å². The maximum absolute atomic E-state index is 12.8. The second kappa shape index (κ2) is 10.1. The smallest absolute Gasteiger partial charge is 0.272 e. The Kier molecular flexibility index (Phi) is 7.24. The van der Waals surface area contributed by atoms with Crippen molar-refractivity contribution in [2.45, 2.75) is 13.8 Å². The van der Waals surface area contributed by atoms with E-state index >= 15 is 0 Å². The third-order valence-electron chi connectivity index (χ3n) is 4.90. The molecule has 1 aliphatic rings. The molecule has 1 aromatic carbocycles. The molecule has 8 heteroatoms. The summed E-state index contributed by atoms with van der Waals surface area (Å²) in [6.45, 7) is 9.25. The Bertz CT molecular complexity index is 804. The zero-order valence-electron chi connectivity index (χ0n) is 17.4. The SMILES string of the molecule is CCN1CCN(C(=O)c2cc(NCCOc3ccc(OC)cc3)nc(C)n2)CC1. The highest BCUT2D eigenvalue weighted by molar-refractivity contribution is 5.93. The summed E-state index contributed by atoms with van der Waals surface area (Å²) >= 11 is 0. The van der Waals surface area contributed by atoms with Crippen LogP contribution in [0.4, 0.5) is 5.82 Å². The number of aromatic nitrogens is 2. The van der Waals surface area contributed by atoms with Crippen LogP contribution in [-0.2, 0) is 0 Å². The van der Waals surface area contributed by atoms with Crippen LogP contribution in [0.2, 0.25) is 0 Å². The second-order valence-corrected chi connectivity index (χ2v) is 6.86. The normalized spacial score (nSPS) is 14.5. The predicted octanol–water partition coefficient (Wildman–Crippen LogP) is 2.06. The molecule has 1 N–H and O–H groups in total. The lowest BCUT2D eigenvalue weighted by molar-refractivity contribution is 0.0637. The molecule has 1 fully saturated rings. The van der Waals surface area contributed by atoms with Gasteiger partial charge in [-0.1, -0.05) is 6.92 Å². The molecule has 0 aliphatic carbocycles. The third-order valence-corrected chi connectivity index (χ3v) is 4.90. The van der Waals surface area contributed by atoms with Gasteiger partial charge in [0.15, 0.2) is 0 Å². The van der Waals surface area contributed by atoms with E-state index in [1.54, 1.807) is 20.1 Å². The first-order chi connectivity index (χ1) is 14.1. The van der Waals surface area contributed by atoms with Crippen LogP contribution >= 0.6 is 0 Å². The first kappa shape index (κ1) is 20.9. The van der Waals surface area contributed by atoms with Gasteiger partial charge in [-0.25, -0.2) is 9.97 Å². The number of carbonyl (C=O) groups is 1. The first-order valence-electron chi connectivity index (χ1n) is 9.97. The zero-order chi connectivity index (χ0) is 20.6. The van der Waals surface area contributed by atoms with Gasteiger partial charge in [0.2, 0.25) is 0 Å². The van der Waals surface area contributed by atoms with Gasteiger partial charge in [0, 0.05) is 32.2 Å². The number of nitrogens with one attached hydrogen (secondary N) is 1. The number of benzene rings is 1. The molecule has 156 valence electrons. The number of piperazine rings is 1. The largest absolute Gasteiger partial charge is 0.497 e. The van der Waals surface area contributed by atoms with E-state index in [0.717, 1.165) is 44.2 Å². The number of aryl methyl sites for hydroxylation is 1. The summed E-state index contributed by atoms with van der Waals surface area (Å²) in [6.07, 6.45) is 0. The highest BCUT2D eigenvalue weighted by Crippen LogP contribution is 2.17. The van der Waals surface area contributed by atoms with Crippen LogP contribution in [-0.4, -0.2) is 78.7 Å². The molecule has 0 radical (unpaired) electrons. The van der Waals surface area contributed by atoms with Gasteiger partial charge in [0.1, 0.15) is 35.4 Å². The number of hydrogen-bond donors (Lipinski definition) is 1. The summed E-state index contributed by atoms with van der Waals surface area (Å²) in [5, 5.41) is 3.21. The Balaban J connectivity index is 1.52. The molecule has 1 aliphatic heterocycles. The van der Waals surface area contributed by atoms with Crippen molar-refractivity contribution in [1.82, 2.24) is 19.8 Å². The third kappa shape index (κ3) is 5.80. The van der Waals surface area contributed by atoms with Crippen molar-refractivity contribution in [2.75, 3.05) is 58.3 Å². The number of anilines is 1. The standard InChI is InChI=1S/C21H29N5O3/c1-4-25-10-12-26(13-11-25)21(27)19-15-20(24-16(2)23-19)22-9-14-29-18-7-5-17(28-3)6-8-18/h5-8,15H,4,9-14H2,1-3H3,(H,22,23,24). The van der Waals surface area contributed by atoms with E-state index in [4.69, 9.17) is 9.47 Å². The molecule has 0 atom stereocenters. The number of methoxy groups -OCH3 is 1. The summed E-state index contributed by atoms with van der Waals surface area (Å²) in [6, 6.07) is 9.16. The molecular formula is C21H29N5O3. The van der Waals surface area contributed by atoms with E-state index in [0.29, 0.717) is 30.5 Å². The van der Waals surface area contributed by atoms with Crippen molar-refractivity contribution in [3.05, 3.63) is 41.9 Å². The molecule has 0 spiro atoms. The number of rotatable bonds is 8. The summed E-state index contributed by atoms with van der Waals surface area (Å²) in [7, 11) is 1.63. The number of carbonyl (C=O) groups excluding carboxylic acids is 1. The van der Waals surface area contributed by atoms with Gasteiger partial charge in [-0.3, -0.25) is 4.79 Å². The Morgan fingerprint density at radius 1 is 1.10 bits per heavy atom. The Morgan fingerprint density at radius 3 is 2.45 bits per heavy atom. The van der Waals surface area contributed by atoms with Crippen molar-refractivity contribution >= 4 is 11.7 Å². The number of nitrogens with zero attached hydrogens (tertiary/aromatic N) is 4. The summed E-state index contributed by atoms with van der Waals surface area (Å²) in [4.78, 5) is 25.7. The van der Waals surface area contributed by atoms with Crippen molar-refractivity contribution in [3.63, 3.8) is 0 Å². The maximum atomic E-state index is 12.8. The number of hydrogen-bond acceptors (Lipinski definition) is 7. The summed E-state index contributed by atoms with van der Waals surface area (Å²) in [5.41, 5.74) is 0.432. The zero-order valence-corrected chi connectivity index (χ0v) is 17.4. The topological polar surface area (TPSA) is 79.8 Å². The minimum atomic E-state index is -0.0382. The molecule has 1 aromatic heterocycles. The van der Waals surface area contributed by atoms with Crippen molar-refractivity contribution in [1.29, 1.82) is 0 Å². The molecule has 1 amide bonds. The minimum absolute atomic E-state index is 0.0382. The van der Waals surface area contributed by atoms with Crippen LogP contribution < -0.4 is 14.8 Å². The predicted molar refractivity (Wildman–Crippen MR) is 112 cm³/mol. The van der Waals surface area contributed by atoms with Crippen LogP contribution in [0.5, 0.6) is 11.5 Å². The maximum Gasteiger partial charge on any atom is 0.272 e. The molecule has 0 saturated carbocycles. The van der Waals surface area contributed by atoms with E-state index < -0.39 is 0 Å². The van der Waals surface area contributed by atoms with Gasteiger partial charge >= 0.3 is 0 Å². The summed E-state index contributed by atoms with van der Waals surface area (Å²) < 4.78 is 10.8. The average molecular weight is 399 g/mol. The van der Waals surface area contributed by atoms with E-state index in [-0.39, 0.29) is 5.91 Å². The monoisotopic (exact) mass is 399 g/mol. The van der Waals surface area contributed by atoms with Crippen LogP contribution in [0.15, 0.2) is 30.3 Å². The van der Waals surface area contributed by atoms with Gasteiger partial charge in [-0.05, 0) is 37.7 Å². The van der Waals surface area contributed by atoms with Crippen LogP contribution in [0.1, 0.15) is 23.2 Å². The average Bonchev–Trinajstić information content (AvgIpc) is 2.76.